The molecule has 0 radical (unpaired) electrons. The number of hydrogen-bond donors (Lipinski definition) is 1. The Hall–Kier alpha value is -2.63. The molecule has 0 spiro atoms. The van der Waals surface area contributed by atoms with Crippen molar-refractivity contribution in [2.24, 2.45) is 0 Å². The number of methoxy groups -OCH3 is 1. The molecule has 0 aliphatic rings. The standard InChI is InChI=1S/C14H13FN2O3/c1-20-12-7-5-11(6-8-12)16-9-10-3-2-4-13(14(10)15)17(18)19/h2-8,16H,9H2,1H3. The van der Waals surface area contributed by atoms with E-state index in [9.17, 15) is 14.5 Å². The molecular weight excluding hydrogens is 263 g/mol. The first-order chi connectivity index (χ1) is 9.61. The van der Waals surface area contributed by atoms with Crippen LogP contribution in [0.3, 0.4) is 0 Å². The summed E-state index contributed by atoms with van der Waals surface area (Å²) in [6.07, 6.45) is 0. The second-order valence-electron chi connectivity index (χ2n) is 4.09. The Morgan fingerprint density at radius 2 is 1.95 bits per heavy atom. The van der Waals surface area contributed by atoms with E-state index in [1.165, 1.54) is 12.1 Å². The van der Waals surface area contributed by atoms with Gasteiger partial charge >= 0.3 is 5.69 Å². The van der Waals surface area contributed by atoms with Gasteiger partial charge in [-0.25, -0.2) is 0 Å². The molecular formula is C14H13FN2O3. The third-order valence-corrected chi connectivity index (χ3v) is 2.83. The summed E-state index contributed by atoms with van der Waals surface area (Å²) in [5, 5.41) is 13.7. The van der Waals surface area contributed by atoms with Gasteiger partial charge in [0.2, 0.25) is 5.82 Å². The molecule has 0 amide bonds. The van der Waals surface area contributed by atoms with Crippen LogP contribution in [0, 0.1) is 15.9 Å². The molecule has 5 nitrogen and oxygen atoms in total. The van der Waals surface area contributed by atoms with E-state index in [4.69, 9.17) is 4.74 Å². The van der Waals surface area contributed by atoms with Gasteiger partial charge in [0.05, 0.1) is 12.0 Å². The Labute approximate surface area is 115 Å². The summed E-state index contributed by atoms with van der Waals surface area (Å²) in [5.41, 5.74) is 0.505. The highest BCUT2D eigenvalue weighted by molar-refractivity contribution is 5.47. The number of anilines is 1. The van der Waals surface area contributed by atoms with Crippen molar-refractivity contribution in [1.29, 1.82) is 0 Å². The van der Waals surface area contributed by atoms with E-state index in [-0.39, 0.29) is 12.1 Å². The quantitative estimate of drug-likeness (QED) is 0.671. The number of nitro groups is 1. The lowest BCUT2D eigenvalue weighted by atomic mass is 10.2. The molecule has 0 bridgehead atoms. The minimum Gasteiger partial charge on any atom is -0.497 e. The van der Waals surface area contributed by atoms with E-state index < -0.39 is 16.4 Å². The Balaban J connectivity index is 2.10. The largest absolute Gasteiger partial charge is 0.497 e. The van der Waals surface area contributed by atoms with Crippen molar-refractivity contribution in [2.75, 3.05) is 12.4 Å². The molecule has 0 fully saturated rings. The lowest BCUT2D eigenvalue weighted by Crippen LogP contribution is -2.04. The molecule has 2 aromatic carbocycles. The third-order valence-electron chi connectivity index (χ3n) is 2.83. The van der Waals surface area contributed by atoms with Gasteiger partial charge < -0.3 is 10.1 Å². The zero-order chi connectivity index (χ0) is 14.5. The van der Waals surface area contributed by atoms with Crippen LogP contribution in [0.5, 0.6) is 5.75 Å². The average Bonchev–Trinajstić information content (AvgIpc) is 2.46. The molecule has 1 N–H and O–H groups in total. The molecule has 0 heterocycles. The summed E-state index contributed by atoms with van der Waals surface area (Å²) in [4.78, 5) is 9.92. The summed E-state index contributed by atoms with van der Waals surface area (Å²) < 4.78 is 18.9. The zero-order valence-corrected chi connectivity index (χ0v) is 10.8. The molecule has 0 atom stereocenters. The van der Waals surface area contributed by atoms with Gasteiger partial charge in [-0.05, 0) is 24.3 Å². The maximum Gasteiger partial charge on any atom is 0.305 e. The van der Waals surface area contributed by atoms with Crippen LogP contribution in [-0.2, 0) is 6.54 Å². The van der Waals surface area contributed by atoms with Gasteiger partial charge in [-0.3, -0.25) is 10.1 Å². The first-order valence-electron chi connectivity index (χ1n) is 5.91. The number of rotatable bonds is 5. The number of halogens is 1. The van der Waals surface area contributed by atoms with Crippen molar-refractivity contribution < 1.29 is 14.1 Å². The Morgan fingerprint density at radius 3 is 2.55 bits per heavy atom. The first-order valence-corrected chi connectivity index (χ1v) is 5.91. The lowest BCUT2D eigenvalue weighted by Gasteiger charge is -2.08. The zero-order valence-electron chi connectivity index (χ0n) is 10.8. The summed E-state index contributed by atoms with van der Waals surface area (Å²) in [7, 11) is 1.57. The maximum absolute atomic E-state index is 13.8. The highest BCUT2D eigenvalue weighted by atomic mass is 19.1. The number of nitrogens with zero attached hydrogens (tertiary/aromatic N) is 1. The van der Waals surface area contributed by atoms with E-state index >= 15 is 0 Å². The van der Waals surface area contributed by atoms with E-state index in [0.717, 1.165) is 17.5 Å². The van der Waals surface area contributed by atoms with Crippen LogP contribution in [0.15, 0.2) is 42.5 Å². The van der Waals surface area contributed by atoms with Crippen LogP contribution in [-0.4, -0.2) is 12.0 Å². The van der Waals surface area contributed by atoms with Crippen molar-refractivity contribution in [3.05, 3.63) is 64.0 Å². The minimum absolute atomic E-state index is 0.167. The summed E-state index contributed by atoms with van der Waals surface area (Å²) in [5.74, 6) is -0.0874. The molecule has 6 heteroatoms. The van der Waals surface area contributed by atoms with Crippen LogP contribution in [0.1, 0.15) is 5.56 Å². The van der Waals surface area contributed by atoms with Crippen molar-refractivity contribution in [1.82, 2.24) is 0 Å². The number of ether oxygens (including phenoxy) is 1. The van der Waals surface area contributed by atoms with Gasteiger partial charge in [-0.1, -0.05) is 12.1 Å². The molecule has 0 saturated heterocycles. The smallest absolute Gasteiger partial charge is 0.305 e. The summed E-state index contributed by atoms with van der Waals surface area (Å²) in [6.45, 7) is 0.167. The van der Waals surface area contributed by atoms with Gasteiger partial charge in [0.25, 0.3) is 0 Å². The highest BCUT2D eigenvalue weighted by Crippen LogP contribution is 2.21. The summed E-state index contributed by atoms with van der Waals surface area (Å²) >= 11 is 0. The van der Waals surface area contributed by atoms with Crippen molar-refractivity contribution >= 4 is 11.4 Å². The minimum atomic E-state index is -0.807. The second kappa shape index (κ2) is 6.01. The van der Waals surface area contributed by atoms with Crippen LogP contribution >= 0.6 is 0 Å². The maximum atomic E-state index is 13.8. The number of benzene rings is 2. The normalized spacial score (nSPS) is 10.1. The van der Waals surface area contributed by atoms with Crippen LogP contribution in [0.4, 0.5) is 15.8 Å². The third kappa shape index (κ3) is 3.03. The van der Waals surface area contributed by atoms with E-state index in [1.807, 2.05) is 0 Å². The monoisotopic (exact) mass is 276 g/mol. The Morgan fingerprint density at radius 1 is 1.25 bits per heavy atom. The SMILES string of the molecule is COc1ccc(NCc2cccc([N+](=O)[O-])c2F)cc1. The van der Waals surface area contributed by atoms with Gasteiger partial charge in [0.1, 0.15) is 5.75 Å². The van der Waals surface area contributed by atoms with E-state index in [2.05, 4.69) is 5.32 Å². The van der Waals surface area contributed by atoms with Gasteiger partial charge in [-0.15, -0.1) is 0 Å². The van der Waals surface area contributed by atoms with Crippen molar-refractivity contribution in [3.63, 3.8) is 0 Å². The molecule has 20 heavy (non-hydrogen) atoms. The van der Waals surface area contributed by atoms with Crippen molar-refractivity contribution in [3.8, 4) is 5.75 Å². The molecule has 104 valence electrons. The fourth-order valence-corrected chi connectivity index (χ4v) is 1.75. The molecule has 0 saturated carbocycles. The number of hydrogen-bond acceptors (Lipinski definition) is 4. The molecule has 2 aromatic rings. The van der Waals surface area contributed by atoms with E-state index in [1.54, 1.807) is 31.4 Å². The Bertz CT molecular complexity index is 614. The molecule has 0 aromatic heterocycles. The van der Waals surface area contributed by atoms with Gasteiger partial charge in [0.15, 0.2) is 0 Å². The average molecular weight is 276 g/mol. The fourth-order valence-electron chi connectivity index (χ4n) is 1.75. The highest BCUT2D eigenvalue weighted by Gasteiger charge is 2.16. The topological polar surface area (TPSA) is 64.4 Å². The lowest BCUT2D eigenvalue weighted by molar-refractivity contribution is -0.387. The molecule has 0 aliphatic carbocycles. The predicted molar refractivity (Wildman–Crippen MR) is 73.4 cm³/mol. The van der Waals surface area contributed by atoms with Crippen LogP contribution in [0.25, 0.3) is 0 Å². The predicted octanol–water partition coefficient (Wildman–Crippen LogP) is 3.35. The molecule has 0 unspecified atom stereocenters. The van der Waals surface area contributed by atoms with Crippen LogP contribution < -0.4 is 10.1 Å². The Kier molecular flexibility index (Phi) is 4.14. The van der Waals surface area contributed by atoms with Gasteiger partial charge in [0, 0.05) is 23.9 Å². The summed E-state index contributed by atoms with van der Waals surface area (Å²) in [6, 6.07) is 11.2. The fraction of sp³-hybridized carbons (Fsp3) is 0.143. The molecule has 2 rings (SSSR count). The van der Waals surface area contributed by atoms with Crippen LogP contribution in [0.2, 0.25) is 0 Å². The van der Waals surface area contributed by atoms with Gasteiger partial charge in [-0.2, -0.15) is 4.39 Å². The second-order valence-corrected chi connectivity index (χ2v) is 4.09. The van der Waals surface area contributed by atoms with Crippen molar-refractivity contribution in [2.45, 2.75) is 6.54 Å². The molecule has 0 aliphatic heterocycles. The number of nitrogens with one attached hydrogen (secondary N) is 1. The number of nitro benzene ring substituents is 1. The van der Waals surface area contributed by atoms with E-state index in [0.29, 0.717) is 0 Å². The first kappa shape index (κ1) is 13.8.